The number of hydrogen-bond donors (Lipinski definition) is 3. The van der Waals surface area contributed by atoms with Crippen molar-refractivity contribution >= 4 is 17.4 Å². The van der Waals surface area contributed by atoms with Crippen LogP contribution in [0.4, 0.5) is 4.79 Å². The van der Waals surface area contributed by atoms with E-state index in [1.165, 1.54) is 11.3 Å². The molecule has 1 unspecified atom stereocenters. The summed E-state index contributed by atoms with van der Waals surface area (Å²) in [5.74, 6) is 0. The molecule has 24 heavy (non-hydrogen) atoms. The van der Waals surface area contributed by atoms with Gasteiger partial charge in [0, 0.05) is 13.2 Å². The third-order valence-corrected chi connectivity index (χ3v) is 4.37. The van der Waals surface area contributed by atoms with Crippen LogP contribution in [0.5, 0.6) is 0 Å². The maximum atomic E-state index is 11.9. The van der Waals surface area contributed by atoms with Gasteiger partial charge in [-0.25, -0.2) is 4.79 Å². The summed E-state index contributed by atoms with van der Waals surface area (Å²) in [6.07, 6.45) is 0. The van der Waals surface area contributed by atoms with Gasteiger partial charge in [0.25, 0.3) is 0 Å². The molecule has 2 rings (SSSR count). The van der Waals surface area contributed by atoms with E-state index in [2.05, 4.69) is 10.6 Å². The fraction of sp³-hybridized carbons (Fsp3) is 0.389. The Labute approximate surface area is 146 Å². The lowest BCUT2D eigenvalue weighted by atomic mass is 9.99. The van der Waals surface area contributed by atoms with E-state index in [0.29, 0.717) is 19.8 Å². The van der Waals surface area contributed by atoms with E-state index in [0.717, 1.165) is 16.7 Å². The van der Waals surface area contributed by atoms with Crippen molar-refractivity contribution in [1.82, 2.24) is 10.6 Å². The van der Waals surface area contributed by atoms with E-state index >= 15 is 0 Å². The Kier molecular flexibility index (Phi) is 6.78. The second-order valence-corrected chi connectivity index (χ2v) is 6.56. The Morgan fingerprint density at radius 3 is 2.54 bits per heavy atom. The Balaban J connectivity index is 1.75. The van der Waals surface area contributed by atoms with E-state index < -0.39 is 5.60 Å². The molecule has 0 radical (unpaired) electrons. The third-order valence-electron chi connectivity index (χ3n) is 3.69. The highest BCUT2D eigenvalue weighted by molar-refractivity contribution is 7.08. The van der Waals surface area contributed by atoms with Gasteiger partial charge >= 0.3 is 6.03 Å². The lowest BCUT2D eigenvalue weighted by molar-refractivity contribution is 0.0598. The largest absolute Gasteiger partial charge is 0.384 e. The second-order valence-electron chi connectivity index (χ2n) is 5.78. The Hall–Kier alpha value is -1.89. The van der Waals surface area contributed by atoms with Gasteiger partial charge in [0.05, 0.1) is 13.2 Å². The molecular formula is C18H24N2O3S. The van der Waals surface area contributed by atoms with Gasteiger partial charge in [0.2, 0.25) is 0 Å². The van der Waals surface area contributed by atoms with E-state index in [9.17, 15) is 9.90 Å². The number of hydrogen-bond acceptors (Lipinski definition) is 4. The summed E-state index contributed by atoms with van der Waals surface area (Å²) in [5.41, 5.74) is 1.85. The van der Waals surface area contributed by atoms with E-state index in [1.807, 2.05) is 48.0 Å². The fourth-order valence-corrected chi connectivity index (χ4v) is 2.93. The molecule has 5 nitrogen and oxygen atoms in total. The van der Waals surface area contributed by atoms with E-state index in [4.69, 9.17) is 4.74 Å². The van der Waals surface area contributed by atoms with Crippen molar-refractivity contribution in [2.45, 2.75) is 32.6 Å². The van der Waals surface area contributed by atoms with Gasteiger partial charge in [-0.05, 0) is 47.4 Å². The molecule has 6 heteroatoms. The van der Waals surface area contributed by atoms with Gasteiger partial charge in [-0.1, -0.05) is 24.3 Å². The normalized spacial score (nSPS) is 13.3. The maximum absolute atomic E-state index is 11.9. The minimum atomic E-state index is -1.07. The average Bonchev–Trinajstić information content (AvgIpc) is 3.13. The maximum Gasteiger partial charge on any atom is 0.315 e. The molecule has 0 fully saturated rings. The molecule has 2 aromatic rings. The molecule has 0 aliphatic carbocycles. The molecule has 2 amide bonds. The van der Waals surface area contributed by atoms with Crippen LogP contribution in [0.3, 0.4) is 0 Å². The van der Waals surface area contributed by atoms with Gasteiger partial charge in [-0.15, -0.1) is 0 Å². The molecule has 1 atom stereocenters. The minimum Gasteiger partial charge on any atom is -0.384 e. The highest BCUT2D eigenvalue weighted by atomic mass is 32.1. The van der Waals surface area contributed by atoms with Gasteiger partial charge < -0.3 is 20.5 Å². The number of thiophene rings is 1. The van der Waals surface area contributed by atoms with Crippen LogP contribution in [0.2, 0.25) is 0 Å². The van der Waals surface area contributed by atoms with Gasteiger partial charge in [-0.3, -0.25) is 0 Å². The SMILES string of the molecule is CCOCc1ccc(CNC(=O)NCC(C)(O)c2ccsc2)cc1. The molecule has 1 aromatic heterocycles. The molecular weight excluding hydrogens is 324 g/mol. The Morgan fingerprint density at radius 1 is 1.21 bits per heavy atom. The fourth-order valence-electron chi connectivity index (χ4n) is 2.14. The number of aliphatic hydroxyl groups is 1. The zero-order valence-electron chi connectivity index (χ0n) is 14.0. The van der Waals surface area contributed by atoms with Gasteiger partial charge in [-0.2, -0.15) is 11.3 Å². The molecule has 1 heterocycles. The van der Waals surface area contributed by atoms with Gasteiger partial charge in [0.15, 0.2) is 0 Å². The highest BCUT2D eigenvalue weighted by Crippen LogP contribution is 2.21. The summed E-state index contributed by atoms with van der Waals surface area (Å²) in [6.45, 7) is 5.53. The van der Waals surface area contributed by atoms with Crippen LogP contribution in [0.25, 0.3) is 0 Å². The van der Waals surface area contributed by atoms with Crippen LogP contribution in [0.1, 0.15) is 30.5 Å². The number of amides is 2. The molecule has 0 aliphatic rings. The number of nitrogens with one attached hydrogen (secondary N) is 2. The molecule has 3 N–H and O–H groups in total. The second kappa shape index (κ2) is 8.82. The molecule has 0 bridgehead atoms. The third kappa shape index (κ3) is 5.63. The van der Waals surface area contributed by atoms with Crippen molar-refractivity contribution in [3.63, 3.8) is 0 Å². The topological polar surface area (TPSA) is 70.6 Å². The lowest BCUT2D eigenvalue weighted by Gasteiger charge is -2.22. The van der Waals surface area contributed by atoms with Crippen molar-refractivity contribution in [2.24, 2.45) is 0 Å². The van der Waals surface area contributed by atoms with E-state index in [-0.39, 0.29) is 12.6 Å². The number of rotatable bonds is 8. The van der Waals surface area contributed by atoms with Crippen LogP contribution in [0, 0.1) is 0 Å². The first kappa shape index (κ1) is 18.4. The minimum absolute atomic E-state index is 0.156. The molecule has 1 aromatic carbocycles. The smallest absolute Gasteiger partial charge is 0.315 e. The summed E-state index contributed by atoms with van der Waals surface area (Å²) in [6, 6.07) is 9.47. The van der Waals surface area contributed by atoms with Crippen molar-refractivity contribution in [2.75, 3.05) is 13.2 Å². The molecule has 0 saturated heterocycles. The first-order chi connectivity index (χ1) is 11.5. The predicted octanol–water partition coefficient (Wildman–Crippen LogP) is 2.99. The van der Waals surface area contributed by atoms with Crippen LogP contribution in [-0.4, -0.2) is 24.3 Å². The summed E-state index contributed by atoms with van der Waals surface area (Å²) in [5, 5.41) is 19.6. The zero-order valence-corrected chi connectivity index (χ0v) is 14.9. The number of carbonyl (C=O) groups excluding carboxylic acids is 1. The highest BCUT2D eigenvalue weighted by Gasteiger charge is 2.24. The predicted molar refractivity (Wildman–Crippen MR) is 95.9 cm³/mol. The van der Waals surface area contributed by atoms with Crippen LogP contribution >= 0.6 is 11.3 Å². The summed E-state index contributed by atoms with van der Waals surface area (Å²) in [4.78, 5) is 11.9. The molecule has 0 saturated carbocycles. The Bertz CT molecular complexity index is 624. The Morgan fingerprint density at radius 2 is 1.92 bits per heavy atom. The van der Waals surface area contributed by atoms with Crippen molar-refractivity contribution in [3.05, 3.63) is 57.8 Å². The number of benzene rings is 1. The average molecular weight is 348 g/mol. The first-order valence-electron chi connectivity index (χ1n) is 7.93. The van der Waals surface area contributed by atoms with Crippen LogP contribution in [-0.2, 0) is 23.5 Å². The number of urea groups is 1. The summed E-state index contributed by atoms with van der Waals surface area (Å²) >= 11 is 1.52. The molecule has 130 valence electrons. The van der Waals surface area contributed by atoms with Crippen molar-refractivity contribution in [3.8, 4) is 0 Å². The lowest BCUT2D eigenvalue weighted by Crippen LogP contribution is -2.43. The van der Waals surface area contributed by atoms with Crippen LogP contribution in [0.15, 0.2) is 41.1 Å². The van der Waals surface area contributed by atoms with Crippen molar-refractivity contribution in [1.29, 1.82) is 0 Å². The van der Waals surface area contributed by atoms with Gasteiger partial charge in [0.1, 0.15) is 5.60 Å². The standard InChI is InChI=1S/C18H24N2O3S/c1-3-23-11-15-6-4-14(5-7-15)10-19-17(21)20-13-18(2,22)16-8-9-24-12-16/h4-9,12,22H,3,10-11,13H2,1-2H3,(H2,19,20,21). The summed E-state index contributed by atoms with van der Waals surface area (Å²) < 4.78 is 5.35. The number of ether oxygens (including phenoxy) is 1. The summed E-state index contributed by atoms with van der Waals surface area (Å²) in [7, 11) is 0. The quantitative estimate of drug-likeness (QED) is 0.687. The van der Waals surface area contributed by atoms with Crippen molar-refractivity contribution < 1.29 is 14.6 Å². The van der Waals surface area contributed by atoms with E-state index in [1.54, 1.807) is 6.92 Å². The molecule has 0 spiro atoms. The number of carbonyl (C=O) groups is 1. The first-order valence-corrected chi connectivity index (χ1v) is 8.88. The van der Waals surface area contributed by atoms with Crippen LogP contribution < -0.4 is 10.6 Å². The zero-order chi connectivity index (χ0) is 17.4. The molecule has 0 aliphatic heterocycles. The monoisotopic (exact) mass is 348 g/mol.